The summed E-state index contributed by atoms with van der Waals surface area (Å²) in [5.74, 6) is 0.631. The maximum Gasteiger partial charge on any atom is 0.242 e. The fraction of sp³-hybridized carbons (Fsp3) is 0.692. The molecule has 1 aromatic rings. The predicted octanol–water partition coefficient (Wildman–Crippen LogP) is 2.76. The fourth-order valence-electron chi connectivity index (χ4n) is 2.37. The SMILES string of the molecule is CCCC1CCc2nc(NC(=O)[C@H](C)N)sc2C1.Cl. The van der Waals surface area contributed by atoms with Crippen LogP contribution in [0, 0.1) is 5.92 Å². The molecule has 0 aliphatic heterocycles. The molecule has 0 bridgehead atoms. The lowest BCUT2D eigenvalue weighted by molar-refractivity contribution is -0.117. The van der Waals surface area contributed by atoms with E-state index in [9.17, 15) is 4.79 Å². The summed E-state index contributed by atoms with van der Waals surface area (Å²) in [6.07, 6.45) is 5.93. The van der Waals surface area contributed by atoms with Crippen molar-refractivity contribution in [2.24, 2.45) is 11.7 Å². The van der Waals surface area contributed by atoms with Crippen LogP contribution in [0.3, 0.4) is 0 Å². The van der Waals surface area contributed by atoms with Crippen LogP contribution in [0.5, 0.6) is 0 Å². The van der Waals surface area contributed by atoms with E-state index in [-0.39, 0.29) is 18.3 Å². The lowest BCUT2D eigenvalue weighted by atomic mass is 9.88. The Morgan fingerprint density at radius 1 is 1.63 bits per heavy atom. The zero-order valence-corrected chi connectivity index (χ0v) is 13.1. The number of fused-ring (bicyclic) bond motifs is 1. The topological polar surface area (TPSA) is 68.0 Å². The first-order valence-corrected chi connectivity index (χ1v) is 7.46. The molecule has 0 saturated heterocycles. The van der Waals surface area contributed by atoms with Gasteiger partial charge in [-0.05, 0) is 32.1 Å². The first-order valence-electron chi connectivity index (χ1n) is 6.65. The normalized spacial score (nSPS) is 19.2. The molecule has 1 amide bonds. The molecule has 0 fully saturated rings. The Labute approximate surface area is 124 Å². The Hall–Kier alpha value is -0.650. The summed E-state index contributed by atoms with van der Waals surface area (Å²) in [5.41, 5.74) is 6.71. The molecular formula is C13H22ClN3OS. The number of nitrogens with two attached hydrogens (primary N) is 1. The van der Waals surface area contributed by atoms with E-state index in [1.54, 1.807) is 18.3 Å². The Balaban J connectivity index is 0.00000180. The lowest BCUT2D eigenvalue weighted by Gasteiger charge is -2.19. The van der Waals surface area contributed by atoms with Crippen LogP contribution in [0.4, 0.5) is 5.13 Å². The highest BCUT2D eigenvalue weighted by atomic mass is 35.5. The van der Waals surface area contributed by atoms with E-state index in [2.05, 4.69) is 17.2 Å². The van der Waals surface area contributed by atoms with E-state index in [1.807, 2.05) is 0 Å². The number of aryl methyl sites for hydroxylation is 1. The zero-order valence-electron chi connectivity index (χ0n) is 11.4. The first-order chi connectivity index (χ1) is 8.60. The summed E-state index contributed by atoms with van der Waals surface area (Å²) in [6, 6.07) is -0.487. The van der Waals surface area contributed by atoms with Gasteiger partial charge in [0.05, 0.1) is 11.7 Å². The van der Waals surface area contributed by atoms with Gasteiger partial charge >= 0.3 is 0 Å². The van der Waals surface area contributed by atoms with Gasteiger partial charge in [0.1, 0.15) is 0 Å². The largest absolute Gasteiger partial charge is 0.320 e. The highest BCUT2D eigenvalue weighted by Crippen LogP contribution is 2.33. The van der Waals surface area contributed by atoms with Gasteiger partial charge < -0.3 is 11.1 Å². The van der Waals surface area contributed by atoms with Crippen LogP contribution in [-0.4, -0.2) is 16.9 Å². The first kappa shape index (κ1) is 16.4. The summed E-state index contributed by atoms with van der Waals surface area (Å²) in [7, 11) is 0. The van der Waals surface area contributed by atoms with Gasteiger partial charge in [-0.25, -0.2) is 4.98 Å². The molecule has 1 aliphatic rings. The van der Waals surface area contributed by atoms with Crippen molar-refractivity contribution in [3.05, 3.63) is 10.6 Å². The van der Waals surface area contributed by atoms with Crippen molar-refractivity contribution >= 4 is 34.8 Å². The molecule has 1 heterocycles. The molecule has 2 rings (SSSR count). The number of amides is 1. The van der Waals surface area contributed by atoms with Gasteiger partial charge in [-0.1, -0.05) is 19.8 Å². The quantitative estimate of drug-likeness (QED) is 0.898. The number of nitrogens with zero attached hydrogens (tertiary/aromatic N) is 1. The molecule has 0 radical (unpaired) electrons. The maximum atomic E-state index is 11.5. The second-order valence-electron chi connectivity index (χ2n) is 5.06. The van der Waals surface area contributed by atoms with E-state index < -0.39 is 6.04 Å². The number of thiazole rings is 1. The van der Waals surface area contributed by atoms with E-state index in [0.29, 0.717) is 5.13 Å². The Kier molecular flexibility index (Phi) is 6.23. The summed E-state index contributed by atoms with van der Waals surface area (Å²) in [6.45, 7) is 3.91. The number of carbonyl (C=O) groups excluding carboxylic acids is 1. The van der Waals surface area contributed by atoms with Crippen molar-refractivity contribution in [3.63, 3.8) is 0 Å². The van der Waals surface area contributed by atoms with Crippen LogP contribution in [-0.2, 0) is 17.6 Å². The van der Waals surface area contributed by atoms with Crippen molar-refractivity contribution in [2.45, 2.75) is 52.0 Å². The van der Waals surface area contributed by atoms with Crippen molar-refractivity contribution < 1.29 is 4.79 Å². The highest BCUT2D eigenvalue weighted by Gasteiger charge is 2.22. The molecule has 1 unspecified atom stereocenters. The van der Waals surface area contributed by atoms with E-state index in [0.717, 1.165) is 18.8 Å². The van der Waals surface area contributed by atoms with E-state index in [1.165, 1.54) is 29.8 Å². The number of carbonyl (C=O) groups is 1. The third-order valence-corrected chi connectivity index (χ3v) is 4.42. The molecule has 0 aromatic carbocycles. The fourth-order valence-corrected chi connectivity index (χ4v) is 3.50. The minimum atomic E-state index is -0.487. The summed E-state index contributed by atoms with van der Waals surface area (Å²) < 4.78 is 0. The molecule has 108 valence electrons. The van der Waals surface area contributed by atoms with Crippen LogP contribution in [0.2, 0.25) is 0 Å². The van der Waals surface area contributed by atoms with Gasteiger partial charge in [0.25, 0.3) is 0 Å². The van der Waals surface area contributed by atoms with Crippen LogP contribution in [0.25, 0.3) is 0 Å². The maximum absolute atomic E-state index is 11.5. The molecule has 0 saturated carbocycles. The van der Waals surface area contributed by atoms with Crippen LogP contribution >= 0.6 is 23.7 Å². The van der Waals surface area contributed by atoms with Crippen molar-refractivity contribution in [2.75, 3.05) is 5.32 Å². The average Bonchev–Trinajstić information content (AvgIpc) is 2.70. The number of anilines is 1. The molecule has 2 atom stereocenters. The third kappa shape index (κ3) is 4.16. The van der Waals surface area contributed by atoms with Crippen molar-refractivity contribution in [1.29, 1.82) is 0 Å². The Bertz CT molecular complexity index is 434. The van der Waals surface area contributed by atoms with Crippen molar-refractivity contribution in [1.82, 2.24) is 4.98 Å². The zero-order chi connectivity index (χ0) is 13.1. The number of aromatic nitrogens is 1. The molecule has 1 aromatic heterocycles. The van der Waals surface area contributed by atoms with Crippen LogP contribution < -0.4 is 11.1 Å². The van der Waals surface area contributed by atoms with Crippen LogP contribution in [0.15, 0.2) is 0 Å². The smallest absolute Gasteiger partial charge is 0.242 e. The van der Waals surface area contributed by atoms with Crippen LogP contribution in [0.1, 0.15) is 43.7 Å². The van der Waals surface area contributed by atoms with E-state index >= 15 is 0 Å². The summed E-state index contributed by atoms with van der Waals surface area (Å²) >= 11 is 1.61. The number of nitrogens with one attached hydrogen (secondary N) is 1. The monoisotopic (exact) mass is 303 g/mol. The minimum absolute atomic E-state index is 0. The molecule has 3 N–H and O–H groups in total. The molecular weight excluding hydrogens is 282 g/mol. The minimum Gasteiger partial charge on any atom is -0.320 e. The summed E-state index contributed by atoms with van der Waals surface area (Å²) in [5, 5.41) is 3.50. The third-order valence-electron chi connectivity index (χ3n) is 3.38. The predicted molar refractivity (Wildman–Crippen MR) is 82.1 cm³/mol. The van der Waals surface area contributed by atoms with E-state index in [4.69, 9.17) is 5.73 Å². The standard InChI is InChI=1S/C13H21N3OS.ClH/c1-3-4-9-5-6-10-11(7-9)18-13(15-10)16-12(17)8(2)14;/h8-9H,3-7,14H2,1-2H3,(H,15,16,17);1H/t8-,9?;/m0./s1. The molecule has 0 spiro atoms. The van der Waals surface area contributed by atoms with Gasteiger partial charge in [0.2, 0.25) is 5.91 Å². The number of hydrogen-bond acceptors (Lipinski definition) is 4. The molecule has 1 aliphatic carbocycles. The lowest BCUT2D eigenvalue weighted by Crippen LogP contribution is -2.32. The Morgan fingerprint density at radius 3 is 3.00 bits per heavy atom. The summed E-state index contributed by atoms with van der Waals surface area (Å²) in [4.78, 5) is 17.4. The molecule has 19 heavy (non-hydrogen) atoms. The highest BCUT2D eigenvalue weighted by molar-refractivity contribution is 7.15. The number of rotatable bonds is 4. The molecule has 4 nitrogen and oxygen atoms in total. The van der Waals surface area contributed by atoms with Gasteiger partial charge in [-0.15, -0.1) is 23.7 Å². The van der Waals surface area contributed by atoms with Gasteiger partial charge in [-0.2, -0.15) is 0 Å². The van der Waals surface area contributed by atoms with Crippen molar-refractivity contribution in [3.8, 4) is 0 Å². The number of halogens is 1. The average molecular weight is 304 g/mol. The van der Waals surface area contributed by atoms with Gasteiger partial charge in [-0.3, -0.25) is 4.79 Å². The second kappa shape index (κ2) is 7.22. The second-order valence-corrected chi connectivity index (χ2v) is 6.15. The van der Waals surface area contributed by atoms with Gasteiger partial charge in [0.15, 0.2) is 5.13 Å². The van der Waals surface area contributed by atoms with Gasteiger partial charge in [0, 0.05) is 4.88 Å². The molecule has 6 heteroatoms. The number of hydrogen-bond donors (Lipinski definition) is 2. The Morgan fingerprint density at radius 2 is 2.37 bits per heavy atom.